The summed E-state index contributed by atoms with van der Waals surface area (Å²) < 4.78 is 1.59. The largest absolute Gasteiger partial charge is 0.384 e. The number of nitrogens with one attached hydrogen (secondary N) is 1. The van der Waals surface area contributed by atoms with E-state index < -0.39 is 0 Å². The van der Waals surface area contributed by atoms with Crippen molar-refractivity contribution < 1.29 is 9.90 Å². The summed E-state index contributed by atoms with van der Waals surface area (Å²) in [7, 11) is 1.75. The van der Waals surface area contributed by atoms with Gasteiger partial charge in [-0.1, -0.05) is 11.8 Å². The number of aliphatic hydroxyl groups is 1. The Morgan fingerprint density at radius 3 is 2.85 bits per heavy atom. The molecule has 20 heavy (non-hydrogen) atoms. The summed E-state index contributed by atoms with van der Waals surface area (Å²) in [5.41, 5.74) is 1.76. The summed E-state index contributed by atoms with van der Waals surface area (Å²) in [5, 5.41) is 15.5. The number of hydrogen-bond acceptors (Lipinski definition) is 4. The Morgan fingerprint density at radius 2 is 2.30 bits per heavy atom. The number of carbonyl (C=O) groups excluding carboxylic acids is 1. The minimum absolute atomic E-state index is 0.206. The fraction of sp³-hybridized carbons (Fsp3) is 0.214. The average molecular weight is 270 g/mol. The minimum atomic E-state index is -0.310. The highest BCUT2D eigenvalue weighted by Crippen LogP contribution is 2.09. The molecule has 6 heteroatoms. The van der Waals surface area contributed by atoms with Crippen molar-refractivity contribution in [3.63, 3.8) is 0 Å². The Balaban J connectivity index is 2.11. The van der Waals surface area contributed by atoms with Crippen LogP contribution in [0.4, 0.5) is 5.82 Å². The number of anilines is 1. The maximum absolute atomic E-state index is 12.0. The summed E-state index contributed by atoms with van der Waals surface area (Å²) in [5.74, 6) is 5.53. The van der Waals surface area contributed by atoms with Crippen molar-refractivity contribution in [2.45, 2.75) is 6.92 Å². The van der Waals surface area contributed by atoms with E-state index in [1.165, 1.54) is 6.20 Å². The Labute approximate surface area is 116 Å². The molecule has 2 rings (SSSR count). The molecule has 102 valence electrons. The number of carbonyl (C=O) groups is 1. The molecule has 1 amide bonds. The van der Waals surface area contributed by atoms with Crippen LogP contribution in [0.1, 0.15) is 21.7 Å². The average Bonchev–Trinajstić information content (AvgIpc) is 2.75. The van der Waals surface area contributed by atoms with Crippen LogP contribution in [0.5, 0.6) is 0 Å². The number of aromatic nitrogens is 3. The monoisotopic (exact) mass is 270 g/mol. The molecule has 0 spiro atoms. The van der Waals surface area contributed by atoms with Crippen molar-refractivity contribution in [3.8, 4) is 11.8 Å². The number of aliphatic hydroxyl groups excluding tert-OH is 1. The summed E-state index contributed by atoms with van der Waals surface area (Å²) in [4.78, 5) is 16.0. The summed E-state index contributed by atoms with van der Waals surface area (Å²) in [6, 6.07) is 5.04. The van der Waals surface area contributed by atoms with Crippen LogP contribution in [0.2, 0.25) is 0 Å². The third-order valence-corrected chi connectivity index (χ3v) is 2.55. The van der Waals surface area contributed by atoms with Crippen LogP contribution < -0.4 is 5.32 Å². The van der Waals surface area contributed by atoms with Crippen LogP contribution in [-0.2, 0) is 7.05 Å². The number of rotatable bonds is 2. The molecule has 0 fully saturated rings. The van der Waals surface area contributed by atoms with Crippen LogP contribution in [0.3, 0.4) is 0 Å². The van der Waals surface area contributed by atoms with Gasteiger partial charge < -0.3 is 10.4 Å². The smallest absolute Gasteiger partial charge is 0.275 e. The van der Waals surface area contributed by atoms with Gasteiger partial charge in [-0.3, -0.25) is 9.48 Å². The third kappa shape index (κ3) is 3.22. The van der Waals surface area contributed by atoms with Crippen molar-refractivity contribution in [1.29, 1.82) is 0 Å². The Bertz CT molecular complexity index is 677. The van der Waals surface area contributed by atoms with Crippen molar-refractivity contribution in [2.75, 3.05) is 11.9 Å². The predicted octanol–water partition coefficient (Wildman–Crippen LogP) is 0.720. The first-order valence-corrected chi connectivity index (χ1v) is 5.98. The van der Waals surface area contributed by atoms with Gasteiger partial charge in [0.15, 0.2) is 0 Å². The van der Waals surface area contributed by atoms with E-state index in [1.54, 1.807) is 29.9 Å². The van der Waals surface area contributed by atoms with Crippen molar-refractivity contribution >= 4 is 11.7 Å². The molecule has 2 N–H and O–H groups in total. The zero-order valence-electron chi connectivity index (χ0n) is 11.2. The van der Waals surface area contributed by atoms with E-state index in [-0.39, 0.29) is 12.5 Å². The highest BCUT2D eigenvalue weighted by Gasteiger charge is 2.10. The molecule has 0 radical (unpaired) electrons. The first kappa shape index (κ1) is 13.8. The lowest BCUT2D eigenvalue weighted by molar-refractivity contribution is 0.102. The lowest BCUT2D eigenvalue weighted by atomic mass is 10.2. The van der Waals surface area contributed by atoms with Gasteiger partial charge in [-0.15, -0.1) is 0 Å². The standard InChI is InChI=1S/C14H14N4O2/c1-10-8-13(18(2)17-10)16-14(20)12-6-5-11(9-15-12)4-3-7-19/h5-6,8-9,19H,7H2,1-2H3,(H,16,20). The maximum Gasteiger partial charge on any atom is 0.275 e. The number of pyridine rings is 1. The summed E-state index contributed by atoms with van der Waals surface area (Å²) in [6.45, 7) is 1.64. The van der Waals surface area contributed by atoms with Gasteiger partial charge in [0, 0.05) is 24.9 Å². The topological polar surface area (TPSA) is 80.0 Å². The number of hydrogen-bond donors (Lipinski definition) is 2. The maximum atomic E-state index is 12.0. The molecule has 6 nitrogen and oxygen atoms in total. The van der Waals surface area contributed by atoms with E-state index in [0.717, 1.165) is 5.69 Å². The Kier molecular flexibility index (Phi) is 4.13. The van der Waals surface area contributed by atoms with Crippen molar-refractivity contribution in [3.05, 3.63) is 41.3 Å². The fourth-order valence-electron chi connectivity index (χ4n) is 1.65. The minimum Gasteiger partial charge on any atom is -0.384 e. The Morgan fingerprint density at radius 1 is 1.50 bits per heavy atom. The molecular weight excluding hydrogens is 256 g/mol. The van der Waals surface area contributed by atoms with Gasteiger partial charge in [0.1, 0.15) is 18.1 Å². The molecule has 0 aliphatic rings. The van der Waals surface area contributed by atoms with Crippen LogP contribution >= 0.6 is 0 Å². The first-order chi connectivity index (χ1) is 9.60. The summed E-state index contributed by atoms with van der Waals surface area (Å²) >= 11 is 0. The van der Waals surface area contributed by atoms with E-state index >= 15 is 0 Å². The molecule has 0 aromatic carbocycles. The van der Waals surface area contributed by atoms with Gasteiger partial charge in [-0.25, -0.2) is 4.98 Å². The van der Waals surface area contributed by atoms with Crippen LogP contribution in [0.25, 0.3) is 0 Å². The molecule has 0 aliphatic carbocycles. The van der Waals surface area contributed by atoms with Gasteiger partial charge in [-0.2, -0.15) is 5.10 Å². The molecule has 2 aromatic rings. The van der Waals surface area contributed by atoms with Crippen LogP contribution in [-0.4, -0.2) is 32.4 Å². The van der Waals surface area contributed by atoms with Gasteiger partial charge in [0.2, 0.25) is 0 Å². The Hall–Kier alpha value is -2.65. The third-order valence-electron chi connectivity index (χ3n) is 2.55. The second-order valence-corrected chi connectivity index (χ2v) is 4.14. The number of aryl methyl sites for hydroxylation is 2. The lowest BCUT2D eigenvalue weighted by Crippen LogP contribution is -2.15. The molecule has 2 heterocycles. The SMILES string of the molecule is Cc1cc(NC(=O)c2ccc(C#CCO)cn2)n(C)n1. The molecule has 0 saturated heterocycles. The molecule has 0 saturated carbocycles. The number of amides is 1. The second-order valence-electron chi connectivity index (χ2n) is 4.14. The van der Waals surface area contributed by atoms with Crippen molar-refractivity contribution in [1.82, 2.24) is 14.8 Å². The second kappa shape index (κ2) is 5.99. The van der Waals surface area contributed by atoms with Gasteiger partial charge >= 0.3 is 0 Å². The molecular formula is C14H14N4O2. The molecule has 0 aliphatic heterocycles. The van der Waals surface area contributed by atoms with Gasteiger partial charge in [0.25, 0.3) is 5.91 Å². The number of nitrogens with zero attached hydrogens (tertiary/aromatic N) is 3. The van der Waals surface area contributed by atoms with Crippen LogP contribution in [0.15, 0.2) is 24.4 Å². The fourth-order valence-corrected chi connectivity index (χ4v) is 1.65. The van der Waals surface area contributed by atoms with Gasteiger partial charge in [0.05, 0.1) is 5.69 Å². The molecule has 0 atom stereocenters. The normalized spacial score (nSPS) is 9.75. The van der Waals surface area contributed by atoms with Crippen molar-refractivity contribution in [2.24, 2.45) is 7.05 Å². The van der Waals surface area contributed by atoms with E-state index in [2.05, 4.69) is 27.2 Å². The first-order valence-electron chi connectivity index (χ1n) is 5.98. The predicted molar refractivity (Wildman–Crippen MR) is 74.1 cm³/mol. The quantitative estimate of drug-likeness (QED) is 0.788. The molecule has 0 bridgehead atoms. The van der Waals surface area contributed by atoms with Gasteiger partial charge in [-0.05, 0) is 19.1 Å². The van der Waals surface area contributed by atoms with E-state index in [0.29, 0.717) is 17.1 Å². The lowest BCUT2D eigenvalue weighted by Gasteiger charge is -2.04. The van der Waals surface area contributed by atoms with E-state index in [4.69, 9.17) is 5.11 Å². The summed E-state index contributed by atoms with van der Waals surface area (Å²) in [6.07, 6.45) is 1.49. The zero-order chi connectivity index (χ0) is 14.5. The molecule has 0 unspecified atom stereocenters. The van der Waals surface area contributed by atoms with Crippen LogP contribution in [0, 0.1) is 18.8 Å². The molecule has 2 aromatic heterocycles. The highest BCUT2D eigenvalue weighted by molar-refractivity contribution is 6.02. The van der Waals surface area contributed by atoms with E-state index in [9.17, 15) is 4.79 Å². The highest BCUT2D eigenvalue weighted by atomic mass is 16.2. The zero-order valence-corrected chi connectivity index (χ0v) is 11.2. The van der Waals surface area contributed by atoms with E-state index in [1.807, 2.05) is 6.92 Å².